The number of thiophene rings is 1. The summed E-state index contributed by atoms with van der Waals surface area (Å²) >= 11 is 6.98. The number of hydrogen-bond acceptors (Lipinski definition) is 4. The Kier molecular flexibility index (Phi) is 8.42. The number of carboxylic acid groups (broad SMARTS) is 1. The number of carbonyl (C=O) groups is 3. The fraction of sp³-hybridized carbons (Fsp3) is 0.409. The molecular formula is C22H23ClF3N3O4S. The second-order valence-electron chi connectivity index (χ2n) is 7.87. The molecule has 1 aliphatic rings. The third kappa shape index (κ3) is 6.41. The monoisotopic (exact) mass is 517 g/mol. The number of nitrogens with one attached hydrogen (secondary N) is 2. The largest absolute Gasteiger partial charge is 0.465 e. The molecule has 3 N–H and O–H groups in total. The van der Waals surface area contributed by atoms with E-state index in [0.717, 1.165) is 17.0 Å². The van der Waals surface area contributed by atoms with Crippen LogP contribution in [0.1, 0.15) is 42.2 Å². The normalized spacial score (nSPS) is 19.2. The molecule has 12 heteroatoms. The molecule has 0 spiro atoms. The van der Waals surface area contributed by atoms with Gasteiger partial charge in [0.15, 0.2) is 0 Å². The Morgan fingerprint density at radius 3 is 2.26 bits per heavy atom. The zero-order chi connectivity index (χ0) is 24.9. The van der Waals surface area contributed by atoms with E-state index in [0.29, 0.717) is 30.6 Å². The molecule has 1 atom stereocenters. The Labute approximate surface area is 202 Å². The summed E-state index contributed by atoms with van der Waals surface area (Å²) in [5.41, 5.74) is -1.05. The average Bonchev–Trinajstić information content (AvgIpc) is 3.31. The average molecular weight is 518 g/mol. The topological polar surface area (TPSA) is 98.7 Å². The standard InChI is InChI=1S/C22H23ClF3N3O4S/c23-12-18(30)29(16-4-1-3-13(11-16)22(24,25)26)19(17-5-2-10-34-17)20(31)27-14-6-8-15(9-7-14)28-21(32)33/h1-5,10-11,14-15,19,28H,6-9,12H2,(H,27,31)(H,32,33). The molecular weight excluding hydrogens is 495 g/mol. The van der Waals surface area contributed by atoms with Gasteiger partial charge in [-0.25, -0.2) is 4.79 Å². The van der Waals surface area contributed by atoms with E-state index >= 15 is 0 Å². The summed E-state index contributed by atoms with van der Waals surface area (Å²) in [7, 11) is 0. The number of anilines is 1. The molecule has 7 nitrogen and oxygen atoms in total. The maximum absolute atomic E-state index is 13.4. The van der Waals surface area contributed by atoms with Gasteiger partial charge >= 0.3 is 12.3 Å². The van der Waals surface area contributed by atoms with E-state index in [1.54, 1.807) is 17.5 Å². The van der Waals surface area contributed by atoms with Crippen LogP contribution < -0.4 is 15.5 Å². The fourth-order valence-corrected chi connectivity index (χ4v) is 4.93. The summed E-state index contributed by atoms with van der Waals surface area (Å²) in [6, 6.07) is 5.82. The second kappa shape index (κ2) is 11.1. The fourth-order valence-electron chi connectivity index (χ4n) is 3.99. The third-order valence-electron chi connectivity index (χ3n) is 5.56. The Morgan fingerprint density at radius 2 is 1.74 bits per heavy atom. The highest BCUT2D eigenvalue weighted by atomic mass is 35.5. The molecule has 1 unspecified atom stereocenters. The minimum Gasteiger partial charge on any atom is -0.465 e. The second-order valence-corrected chi connectivity index (χ2v) is 9.12. The van der Waals surface area contributed by atoms with Crippen molar-refractivity contribution in [2.24, 2.45) is 0 Å². The van der Waals surface area contributed by atoms with Gasteiger partial charge in [0.05, 0.1) is 5.56 Å². The smallest absolute Gasteiger partial charge is 0.416 e. The molecule has 3 amide bonds. The number of halogens is 4. The van der Waals surface area contributed by atoms with Gasteiger partial charge in [-0.2, -0.15) is 13.2 Å². The van der Waals surface area contributed by atoms with Gasteiger partial charge < -0.3 is 15.7 Å². The highest BCUT2D eigenvalue weighted by Gasteiger charge is 2.37. The van der Waals surface area contributed by atoms with Gasteiger partial charge in [-0.15, -0.1) is 22.9 Å². The van der Waals surface area contributed by atoms with Gasteiger partial charge in [-0.3, -0.25) is 14.5 Å². The highest BCUT2D eigenvalue weighted by Crippen LogP contribution is 2.36. The molecule has 0 bridgehead atoms. The number of carbonyl (C=O) groups excluding carboxylic acids is 2. The van der Waals surface area contributed by atoms with E-state index in [4.69, 9.17) is 16.7 Å². The Morgan fingerprint density at radius 1 is 1.09 bits per heavy atom. The summed E-state index contributed by atoms with van der Waals surface area (Å²) in [6.45, 7) is 0. The van der Waals surface area contributed by atoms with Crippen molar-refractivity contribution >= 4 is 46.5 Å². The zero-order valence-electron chi connectivity index (χ0n) is 17.8. The molecule has 0 radical (unpaired) electrons. The quantitative estimate of drug-likeness (QED) is 0.460. The van der Waals surface area contributed by atoms with Crippen molar-refractivity contribution in [1.82, 2.24) is 10.6 Å². The van der Waals surface area contributed by atoms with Gasteiger partial charge in [0.2, 0.25) is 11.8 Å². The molecule has 2 aromatic rings. The Balaban J connectivity index is 1.88. The molecule has 34 heavy (non-hydrogen) atoms. The number of hydrogen-bond donors (Lipinski definition) is 3. The van der Waals surface area contributed by atoms with Crippen molar-refractivity contribution in [1.29, 1.82) is 0 Å². The van der Waals surface area contributed by atoms with Crippen LogP contribution >= 0.6 is 22.9 Å². The summed E-state index contributed by atoms with van der Waals surface area (Å²) < 4.78 is 40.0. The molecule has 184 valence electrons. The molecule has 1 saturated carbocycles. The molecule has 0 saturated heterocycles. The minimum absolute atomic E-state index is 0.0941. The molecule has 1 aromatic carbocycles. The number of nitrogens with zero attached hydrogens (tertiary/aromatic N) is 1. The lowest BCUT2D eigenvalue weighted by atomic mass is 9.91. The van der Waals surface area contributed by atoms with Crippen molar-refractivity contribution < 1.29 is 32.7 Å². The molecule has 1 aliphatic carbocycles. The molecule has 1 heterocycles. The maximum atomic E-state index is 13.4. The van der Waals surface area contributed by atoms with E-state index in [-0.39, 0.29) is 17.8 Å². The van der Waals surface area contributed by atoms with Crippen molar-refractivity contribution in [3.8, 4) is 0 Å². The van der Waals surface area contributed by atoms with Crippen molar-refractivity contribution in [2.75, 3.05) is 10.8 Å². The first-order valence-corrected chi connectivity index (χ1v) is 11.9. The molecule has 0 aliphatic heterocycles. The maximum Gasteiger partial charge on any atom is 0.416 e. The van der Waals surface area contributed by atoms with Crippen molar-refractivity contribution in [3.05, 3.63) is 52.2 Å². The highest BCUT2D eigenvalue weighted by molar-refractivity contribution is 7.10. The summed E-state index contributed by atoms with van der Waals surface area (Å²) in [4.78, 5) is 38.5. The minimum atomic E-state index is -4.63. The first kappa shape index (κ1) is 25.8. The summed E-state index contributed by atoms with van der Waals surface area (Å²) in [5, 5.41) is 15.9. The van der Waals surface area contributed by atoms with Gasteiger partial charge in [0.1, 0.15) is 11.9 Å². The predicted molar refractivity (Wildman–Crippen MR) is 122 cm³/mol. The van der Waals surface area contributed by atoms with Crippen LogP contribution in [-0.4, -0.2) is 41.0 Å². The van der Waals surface area contributed by atoms with Crippen molar-refractivity contribution in [3.63, 3.8) is 0 Å². The van der Waals surface area contributed by atoms with Gasteiger partial charge in [0, 0.05) is 22.6 Å². The van der Waals surface area contributed by atoms with E-state index in [9.17, 15) is 27.6 Å². The first-order valence-electron chi connectivity index (χ1n) is 10.5. The van der Waals surface area contributed by atoms with Crippen LogP contribution in [0.25, 0.3) is 0 Å². The van der Waals surface area contributed by atoms with Crippen LogP contribution in [0.2, 0.25) is 0 Å². The SMILES string of the molecule is O=C(O)NC1CCC(NC(=O)C(c2cccs2)N(C(=O)CCl)c2cccc(C(F)(F)F)c2)CC1. The number of alkyl halides is 4. The zero-order valence-corrected chi connectivity index (χ0v) is 19.4. The third-order valence-corrected chi connectivity index (χ3v) is 6.71. The Bertz CT molecular complexity index is 1010. The lowest BCUT2D eigenvalue weighted by molar-refractivity contribution is -0.137. The number of benzene rings is 1. The summed E-state index contributed by atoms with van der Waals surface area (Å²) in [6.07, 6.45) is -3.66. The van der Waals surface area contributed by atoms with E-state index in [1.807, 2.05) is 0 Å². The lowest BCUT2D eigenvalue weighted by Gasteiger charge is -2.34. The van der Waals surface area contributed by atoms with Crippen LogP contribution in [0, 0.1) is 0 Å². The van der Waals surface area contributed by atoms with Crippen LogP contribution in [0.5, 0.6) is 0 Å². The van der Waals surface area contributed by atoms with Gasteiger partial charge in [0.25, 0.3) is 0 Å². The van der Waals surface area contributed by atoms with E-state index in [1.165, 1.54) is 23.5 Å². The van der Waals surface area contributed by atoms with E-state index in [2.05, 4.69) is 10.6 Å². The number of rotatable bonds is 7. The van der Waals surface area contributed by atoms with Crippen LogP contribution in [0.3, 0.4) is 0 Å². The van der Waals surface area contributed by atoms with Crippen LogP contribution in [-0.2, 0) is 15.8 Å². The lowest BCUT2D eigenvalue weighted by Crippen LogP contribution is -2.49. The molecule has 3 rings (SSSR count). The van der Waals surface area contributed by atoms with Gasteiger partial charge in [-0.05, 0) is 55.3 Å². The molecule has 1 fully saturated rings. The van der Waals surface area contributed by atoms with Crippen LogP contribution in [0.15, 0.2) is 41.8 Å². The van der Waals surface area contributed by atoms with Gasteiger partial charge in [-0.1, -0.05) is 12.1 Å². The summed E-state index contributed by atoms with van der Waals surface area (Å²) in [5.74, 6) is -1.80. The predicted octanol–water partition coefficient (Wildman–Crippen LogP) is 4.78. The van der Waals surface area contributed by atoms with Crippen LogP contribution in [0.4, 0.5) is 23.7 Å². The van der Waals surface area contributed by atoms with Crippen molar-refractivity contribution in [2.45, 2.75) is 50.0 Å². The van der Waals surface area contributed by atoms with E-state index < -0.39 is 41.6 Å². The number of amides is 3. The Hall–Kier alpha value is -2.79. The first-order chi connectivity index (χ1) is 16.1. The molecule has 1 aromatic heterocycles.